The molecule has 0 bridgehead atoms. The van der Waals surface area contributed by atoms with E-state index in [4.69, 9.17) is 20.6 Å². The maximum atomic E-state index is 14.0. The molecule has 216 valence electrons. The third kappa shape index (κ3) is 7.73. The van der Waals surface area contributed by atoms with Gasteiger partial charge in [-0.15, -0.1) is 0 Å². The Morgan fingerprint density at radius 1 is 1.10 bits per heavy atom. The van der Waals surface area contributed by atoms with E-state index < -0.39 is 29.8 Å². The molecule has 5 rings (SSSR count). The topological polar surface area (TPSA) is 138 Å². The van der Waals surface area contributed by atoms with Crippen LogP contribution in [0.25, 0.3) is 0 Å². The summed E-state index contributed by atoms with van der Waals surface area (Å²) in [5.74, 6) is -1.24. The largest absolute Gasteiger partial charge is 0.407 e. The lowest BCUT2D eigenvalue weighted by atomic mass is 10.0. The maximum absolute atomic E-state index is 14.0. The van der Waals surface area contributed by atoms with E-state index >= 15 is 0 Å². The molecule has 1 saturated heterocycles. The van der Waals surface area contributed by atoms with E-state index in [0.717, 1.165) is 23.4 Å². The van der Waals surface area contributed by atoms with Crippen LogP contribution in [0.15, 0.2) is 76.8 Å². The van der Waals surface area contributed by atoms with Gasteiger partial charge in [-0.1, -0.05) is 76.2 Å². The first-order valence-electron chi connectivity index (χ1n) is 13.6. The number of anilines is 2. The first kappa shape index (κ1) is 30.9. The molecule has 41 heavy (non-hydrogen) atoms. The van der Waals surface area contributed by atoms with Gasteiger partial charge in [-0.25, -0.2) is 14.4 Å². The summed E-state index contributed by atoms with van der Waals surface area (Å²) in [6, 6.07) is 17.4. The summed E-state index contributed by atoms with van der Waals surface area (Å²) < 4.78 is 24.8. The van der Waals surface area contributed by atoms with Gasteiger partial charge in [-0.05, 0) is 12.1 Å². The average Bonchev–Trinajstić information content (AvgIpc) is 3.15. The second-order valence-electron chi connectivity index (χ2n) is 8.27. The van der Waals surface area contributed by atoms with Crippen molar-refractivity contribution < 1.29 is 18.7 Å². The molecule has 4 N–H and O–H groups in total. The highest BCUT2D eigenvalue weighted by Crippen LogP contribution is 2.25. The number of nitrogens with two attached hydrogens (primary N) is 1. The molecule has 10 nitrogen and oxygen atoms in total. The van der Waals surface area contributed by atoms with E-state index in [1.807, 2.05) is 81.1 Å². The fourth-order valence-electron chi connectivity index (χ4n) is 4.09. The van der Waals surface area contributed by atoms with E-state index in [1.54, 1.807) is 6.07 Å². The van der Waals surface area contributed by atoms with Crippen molar-refractivity contribution in [3.8, 4) is 0 Å². The van der Waals surface area contributed by atoms with Gasteiger partial charge in [0.05, 0.1) is 36.4 Å². The van der Waals surface area contributed by atoms with Crippen LogP contribution in [0.3, 0.4) is 0 Å². The summed E-state index contributed by atoms with van der Waals surface area (Å²) in [5.41, 5.74) is 8.76. The molecule has 1 unspecified atom stereocenters. The lowest BCUT2D eigenvalue weighted by Gasteiger charge is -2.29. The second-order valence-corrected chi connectivity index (χ2v) is 8.27. The zero-order valence-electron chi connectivity index (χ0n) is 23.7. The standard InChI is InChI=1S/C26H24FN7O3.2C2H6/c27-17-14-19(24(30-15-17)34-10-12-36-13-11-34)22(28)37-26(29)33-23-25(35)31-20-9-5-4-8-18(20)21(32-23)16-6-2-1-3-7-16;2*1-2/h1-9,14-15,23,28H,10-13H2,(H2,29,33)(H,31,35);2*1-2H3. The molecule has 0 aliphatic carbocycles. The number of morpholine rings is 1. The second kappa shape index (κ2) is 15.2. The summed E-state index contributed by atoms with van der Waals surface area (Å²) >= 11 is 0. The Morgan fingerprint density at radius 2 is 1.76 bits per heavy atom. The Hall–Kier alpha value is -4.64. The Kier molecular flexibility index (Phi) is 11.5. The number of carbonyl (C=O) groups is 1. The summed E-state index contributed by atoms with van der Waals surface area (Å²) in [6.45, 7) is 10.0. The van der Waals surface area contributed by atoms with Crippen LogP contribution in [-0.4, -0.2) is 61.0 Å². The number of carbonyl (C=O) groups excluding carboxylic acids is 1. The number of nitrogens with one attached hydrogen (secondary N) is 2. The number of hydrogen-bond donors (Lipinski definition) is 3. The van der Waals surface area contributed by atoms with Gasteiger partial charge in [0, 0.05) is 24.2 Å². The number of hydrogen-bond acceptors (Lipinski definition) is 8. The first-order valence-corrected chi connectivity index (χ1v) is 13.6. The van der Waals surface area contributed by atoms with E-state index in [2.05, 4.69) is 20.3 Å². The SMILES string of the molecule is CC.CC.N=C(O/C(N)=N/C1N=C(c2ccccc2)c2ccccc2NC1=O)c1cc(F)cnc1N1CCOCC1. The Balaban J connectivity index is 0.00000111. The third-order valence-corrected chi connectivity index (χ3v) is 5.82. The van der Waals surface area contributed by atoms with Crippen LogP contribution in [-0.2, 0) is 14.3 Å². The number of halogens is 1. The summed E-state index contributed by atoms with van der Waals surface area (Å²) in [5, 5.41) is 11.2. The van der Waals surface area contributed by atoms with Crippen LogP contribution < -0.4 is 16.0 Å². The molecule has 1 aromatic heterocycles. The number of nitrogens with zero attached hydrogens (tertiary/aromatic N) is 4. The molecule has 0 radical (unpaired) electrons. The highest BCUT2D eigenvalue weighted by Gasteiger charge is 2.27. The van der Waals surface area contributed by atoms with Crippen molar-refractivity contribution in [2.24, 2.45) is 15.7 Å². The molecule has 1 atom stereocenters. The van der Waals surface area contributed by atoms with E-state index in [-0.39, 0.29) is 5.56 Å². The molecule has 2 aliphatic rings. The van der Waals surface area contributed by atoms with Crippen LogP contribution in [0.5, 0.6) is 0 Å². The van der Waals surface area contributed by atoms with Crippen molar-refractivity contribution in [2.45, 2.75) is 33.9 Å². The van der Waals surface area contributed by atoms with Crippen molar-refractivity contribution in [3.63, 3.8) is 0 Å². The van der Waals surface area contributed by atoms with Crippen LogP contribution >= 0.6 is 0 Å². The number of rotatable bonds is 4. The van der Waals surface area contributed by atoms with Crippen LogP contribution in [0, 0.1) is 11.2 Å². The molecule has 11 heteroatoms. The normalized spacial score (nSPS) is 16.4. The maximum Gasteiger partial charge on any atom is 0.291 e. The number of pyridine rings is 1. The molecule has 0 spiro atoms. The summed E-state index contributed by atoms with van der Waals surface area (Å²) in [7, 11) is 0. The Labute approximate surface area is 239 Å². The number of benzodiazepines with no additional fused rings is 1. The number of amidine groups is 1. The molecule has 2 aromatic carbocycles. The molecule has 0 saturated carbocycles. The van der Waals surface area contributed by atoms with E-state index in [9.17, 15) is 9.18 Å². The number of para-hydroxylation sites is 1. The third-order valence-electron chi connectivity index (χ3n) is 5.82. The fraction of sp³-hybridized carbons (Fsp3) is 0.300. The zero-order valence-corrected chi connectivity index (χ0v) is 23.7. The van der Waals surface area contributed by atoms with Gasteiger partial charge in [0.25, 0.3) is 11.9 Å². The van der Waals surface area contributed by atoms with E-state index in [1.165, 1.54) is 0 Å². The molecular formula is C30H36FN7O3. The smallest absolute Gasteiger partial charge is 0.291 e. The molecular weight excluding hydrogens is 525 g/mol. The number of ether oxygens (including phenoxy) is 2. The molecule has 2 aliphatic heterocycles. The van der Waals surface area contributed by atoms with Crippen molar-refractivity contribution in [1.29, 1.82) is 5.41 Å². The number of aliphatic imine (C=N–C) groups is 2. The molecule has 1 amide bonds. The lowest BCUT2D eigenvalue weighted by molar-refractivity contribution is -0.117. The number of aromatic nitrogens is 1. The predicted octanol–water partition coefficient (Wildman–Crippen LogP) is 4.58. The van der Waals surface area contributed by atoms with Gasteiger partial charge in [0.2, 0.25) is 12.1 Å². The van der Waals surface area contributed by atoms with E-state index in [0.29, 0.717) is 43.5 Å². The molecule has 1 fully saturated rings. The Morgan fingerprint density at radius 3 is 2.46 bits per heavy atom. The van der Waals surface area contributed by atoms with Crippen LogP contribution in [0.2, 0.25) is 0 Å². The van der Waals surface area contributed by atoms with Gasteiger partial charge in [-0.2, -0.15) is 4.99 Å². The average molecular weight is 562 g/mol. The van der Waals surface area contributed by atoms with Crippen molar-refractivity contribution >= 4 is 35.0 Å². The van der Waals surface area contributed by atoms with Gasteiger partial charge in [0.1, 0.15) is 11.6 Å². The van der Waals surface area contributed by atoms with Gasteiger partial charge in [-0.3, -0.25) is 10.2 Å². The summed E-state index contributed by atoms with van der Waals surface area (Å²) in [4.78, 5) is 27.7. The minimum Gasteiger partial charge on any atom is -0.407 e. The van der Waals surface area contributed by atoms with Crippen molar-refractivity contribution in [3.05, 3.63) is 89.4 Å². The highest BCUT2D eigenvalue weighted by atomic mass is 19.1. The van der Waals surface area contributed by atoms with Gasteiger partial charge >= 0.3 is 0 Å². The highest BCUT2D eigenvalue weighted by molar-refractivity contribution is 6.19. The minimum absolute atomic E-state index is 0.103. The molecule has 3 aromatic rings. The summed E-state index contributed by atoms with van der Waals surface area (Å²) in [6.07, 6.45) is -0.202. The predicted molar refractivity (Wildman–Crippen MR) is 160 cm³/mol. The quantitative estimate of drug-likeness (QED) is 0.315. The van der Waals surface area contributed by atoms with Gasteiger partial charge < -0.3 is 25.4 Å². The monoisotopic (exact) mass is 561 g/mol. The van der Waals surface area contributed by atoms with Crippen molar-refractivity contribution in [2.75, 3.05) is 36.5 Å². The number of benzene rings is 2. The number of amides is 1. The number of fused-ring (bicyclic) bond motifs is 1. The minimum atomic E-state index is -1.28. The lowest BCUT2D eigenvalue weighted by Crippen LogP contribution is -2.38. The van der Waals surface area contributed by atoms with Crippen LogP contribution in [0.4, 0.5) is 15.9 Å². The van der Waals surface area contributed by atoms with Crippen LogP contribution in [0.1, 0.15) is 44.4 Å². The van der Waals surface area contributed by atoms with Crippen molar-refractivity contribution in [1.82, 2.24) is 4.98 Å². The Bertz CT molecular complexity index is 1390. The first-order chi connectivity index (χ1) is 20.0. The fourth-order valence-corrected chi connectivity index (χ4v) is 4.09. The zero-order chi connectivity index (χ0) is 29.8. The van der Waals surface area contributed by atoms with Gasteiger partial charge in [0.15, 0.2) is 0 Å². The molecule has 3 heterocycles.